The normalized spacial score (nSPS) is 21.0. The number of rotatable bonds is 1. The molecule has 1 fully saturated rings. The lowest BCUT2D eigenvalue weighted by Crippen LogP contribution is -2.25. The summed E-state index contributed by atoms with van der Waals surface area (Å²) in [5.74, 6) is -1.35. The predicted octanol–water partition coefficient (Wildman–Crippen LogP) is 2.25. The van der Waals surface area contributed by atoms with Gasteiger partial charge in [0.05, 0.1) is 12.0 Å². The molecule has 18 heavy (non-hydrogen) atoms. The minimum absolute atomic E-state index is 0.0840. The molecule has 0 aliphatic carbocycles. The fraction of sp³-hybridized carbons (Fsp3) is 0.667. The Balaban J connectivity index is 3.25. The predicted molar refractivity (Wildman–Crippen MR) is 60.3 cm³/mol. The van der Waals surface area contributed by atoms with Gasteiger partial charge >= 0.3 is 11.9 Å². The minimum atomic E-state index is -0.731. The van der Waals surface area contributed by atoms with Crippen molar-refractivity contribution >= 4 is 11.9 Å². The molecular formula is C12H18O6. The van der Waals surface area contributed by atoms with Gasteiger partial charge in [-0.1, -0.05) is 40.2 Å². The molecule has 0 unspecified atom stereocenters. The SMILES string of the molecule is CC(C)C(=C1CC(=O)OOOOC1=O)C(C)(C)C. The summed E-state index contributed by atoms with van der Waals surface area (Å²) in [5, 5.41) is 7.92. The van der Waals surface area contributed by atoms with Crippen LogP contribution >= 0.6 is 0 Å². The Kier molecular flexibility index (Phi) is 4.48. The van der Waals surface area contributed by atoms with Gasteiger partial charge in [-0.15, -0.1) is 0 Å². The zero-order valence-electron chi connectivity index (χ0n) is 11.2. The van der Waals surface area contributed by atoms with Crippen molar-refractivity contribution in [2.75, 3.05) is 0 Å². The number of carbonyl (C=O) groups is 2. The van der Waals surface area contributed by atoms with Gasteiger partial charge in [-0.05, 0) is 11.3 Å². The highest BCUT2D eigenvalue weighted by atomic mass is 17.7. The van der Waals surface area contributed by atoms with Gasteiger partial charge in [0.15, 0.2) is 0 Å². The van der Waals surface area contributed by atoms with E-state index in [4.69, 9.17) is 0 Å². The molecule has 0 radical (unpaired) electrons. The zero-order valence-corrected chi connectivity index (χ0v) is 11.2. The largest absolute Gasteiger partial charge is 0.373 e. The second-order valence-electron chi connectivity index (χ2n) is 5.44. The number of hydrogen-bond acceptors (Lipinski definition) is 6. The fourth-order valence-electron chi connectivity index (χ4n) is 2.27. The van der Waals surface area contributed by atoms with Crippen molar-refractivity contribution in [3.63, 3.8) is 0 Å². The van der Waals surface area contributed by atoms with E-state index in [1.54, 1.807) is 0 Å². The van der Waals surface area contributed by atoms with Crippen molar-refractivity contribution in [1.82, 2.24) is 0 Å². The highest BCUT2D eigenvalue weighted by Crippen LogP contribution is 2.35. The van der Waals surface area contributed by atoms with Crippen molar-refractivity contribution in [3.8, 4) is 0 Å². The van der Waals surface area contributed by atoms with Crippen LogP contribution in [0.5, 0.6) is 0 Å². The molecule has 6 heteroatoms. The average molecular weight is 258 g/mol. The second kappa shape index (κ2) is 5.49. The molecule has 0 bridgehead atoms. The molecule has 0 atom stereocenters. The molecule has 1 aliphatic rings. The molecular weight excluding hydrogens is 240 g/mol. The highest BCUT2D eigenvalue weighted by molar-refractivity contribution is 5.94. The Bertz CT molecular complexity index is 375. The first-order valence-corrected chi connectivity index (χ1v) is 5.72. The molecule has 0 N–H and O–H groups in total. The van der Waals surface area contributed by atoms with E-state index >= 15 is 0 Å². The van der Waals surface area contributed by atoms with Gasteiger partial charge in [0.2, 0.25) is 0 Å². The van der Waals surface area contributed by atoms with Crippen molar-refractivity contribution in [2.45, 2.75) is 41.0 Å². The van der Waals surface area contributed by atoms with Gasteiger partial charge in [0.1, 0.15) is 0 Å². The molecule has 102 valence electrons. The maximum atomic E-state index is 11.8. The molecule has 0 aromatic heterocycles. The Morgan fingerprint density at radius 2 is 1.67 bits per heavy atom. The van der Waals surface area contributed by atoms with Crippen LogP contribution in [-0.4, -0.2) is 11.9 Å². The van der Waals surface area contributed by atoms with Crippen LogP contribution in [0.4, 0.5) is 0 Å². The maximum absolute atomic E-state index is 11.8. The third-order valence-electron chi connectivity index (χ3n) is 2.54. The second-order valence-corrected chi connectivity index (χ2v) is 5.44. The van der Waals surface area contributed by atoms with Gasteiger partial charge in [-0.25, -0.2) is 9.59 Å². The van der Waals surface area contributed by atoms with Crippen LogP contribution in [0.15, 0.2) is 11.1 Å². The monoisotopic (exact) mass is 258 g/mol. The number of allylic oxidation sites excluding steroid dienone is 1. The van der Waals surface area contributed by atoms with Crippen LogP contribution in [0.2, 0.25) is 0 Å². The Labute approximate surface area is 106 Å². The van der Waals surface area contributed by atoms with Crippen LogP contribution in [0.25, 0.3) is 0 Å². The summed E-state index contributed by atoms with van der Waals surface area (Å²) in [6.45, 7) is 9.78. The lowest BCUT2D eigenvalue weighted by Gasteiger charge is -2.29. The van der Waals surface area contributed by atoms with Crippen molar-refractivity contribution < 1.29 is 29.4 Å². The number of hydrogen-bond donors (Lipinski definition) is 0. The zero-order chi connectivity index (χ0) is 13.9. The maximum Gasteiger partial charge on any atom is 0.373 e. The van der Waals surface area contributed by atoms with Crippen molar-refractivity contribution in [1.29, 1.82) is 0 Å². The van der Waals surface area contributed by atoms with Crippen LogP contribution < -0.4 is 0 Å². The highest BCUT2D eigenvalue weighted by Gasteiger charge is 2.32. The third-order valence-corrected chi connectivity index (χ3v) is 2.54. The molecule has 1 saturated heterocycles. The van der Waals surface area contributed by atoms with Gasteiger partial charge in [0, 0.05) is 10.1 Å². The summed E-state index contributed by atoms with van der Waals surface area (Å²) in [7, 11) is 0. The van der Waals surface area contributed by atoms with E-state index in [1.165, 1.54) is 0 Å². The lowest BCUT2D eigenvalue weighted by molar-refractivity contribution is -0.600. The van der Waals surface area contributed by atoms with E-state index < -0.39 is 11.9 Å². The van der Waals surface area contributed by atoms with Crippen LogP contribution in [0, 0.1) is 11.3 Å². The average Bonchev–Trinajstić information content (AvgIpc) is 2.18. The van der Waals surface area contributed by atoms with E-state index in [0.717, 1.165) is 5.57 Å². The third kappa shape index (κ3) is 3.54. The molecule has 1 heterocycles. The molecule has 0 aromatic carbocycles. The molecule has 0 spiro atoms. The topological polar surface area (TPSA) is 71.1 Å². The van der Waals surface area contributed by atoms with Crippen LogP contribution in [-0.2, 0) is 29.4 Å². The molecule has 0 amide bonds. The molecule has 0 aromatic rings. The van der Waals surface area contributed by atoms with Gasteiger partial charge < -0.3 is 0 Å². The van der Waals surface area contributed by atoms with Crippen molar-refractivity contribution in [3.05, 3.63) is 11.1 Å². The standard InChI is InChI=1S/C12H18O6/c1-7(2)10(12(3,4)5)8-6-9(13)15-17-18-16-11(8)14/h7H,6H2,1-5H3. The summed E-state index contributed by atoms with van der Waals surface area (Å²) in [6.07, 6.45) is -0.201. The van der Waals surface area contributed by atoms with E-state index in [9.17, 15) is 9.59 Å². The van der Waals surface area contributed by atoms with Crippen molar-refractivity contribution in [2.24, 2.45) is 11.3 Å². The van der Waals surface area contributed by atoms with Crippen LogP contribution in [0.1, 0.15) is 41.0 Å². The first-order valence-electron chi connectivity index (χ1n) is 5.72. The van der Waals surface area contributed by atoms with E-state index in [2.05, 4.69) is 19.9 Å². The molecule has 6 nitrogen and oxygen atoms in total. The first kappa shape index (κ1) is 14.7. The first-order chi connectivity index (χ1) is 8.23. The number of carbonyl (C=O) groups excluding carboxylic acids is 2. The molecule has 1 aliphatic heterocycles. The summed E-state index contributed by atoms with van der Waals surface area (Å²) in [6, 6.07) is 0. The Morgan fingerprint density at radius 3 is 2.17 bits per heavy atom. The molecule has 1 rings (SSSR count). The summed E-state index contributed by atoms with van der Waals surface area (Å²) in [4.78, 5) is 31.8. The van der Waals surface area contributed by atoms with Gasteiger partial charge in [-0.3, -0.25) is 9.78 Å². The minimum Gasteiger partial charge on any atom is -0.266 e. The summed E-state index contributed by atoms with van der Waals surface area (Å²) >= 11 is 0. The summed E-state index contributed by atoms with van der Waals surface area (Å²) in [5.41, 5.74) is 0.809. The van der Waals surface area contributed by atoms with Crippen LogP contribution in [0.3, 0.4) is 0 Å². The quantitative estimate of drug-likeness (QED) is 0.530. The summed E-state index contributed by atoms with van der Waals surface area (Å²) < 4.78 is 0. The lowest BCUT2D eigenvalue weighted by atomic mass is 9.76. The smallest absolute Gasteiger partial charge is 0.266 e. The van der Waals surface area contributed by atoms with E-state index in [0.29, 0.717) is 0 Å². The van der Waals surface area contributed by atoms with E-state index in [-0.39, 0.29) is 23.3 Å². The van der Waals surface area contributed by atoms with Gasteiger partial charge in [-0.2, -0.15) is 0 Å². The fourth-order valence-corrected chi connectivity index (χ4v) is 2.27. The Morgan fingerprint density at radius 1 is 1.11 bits per heavy atom. The molecule has 0 saturated carbocycles. The Hall–Kier alpha value is -1.40. The van der Waals surface area contributed by atoms with E-state index in [1.807, 2.05) is 34.6 Å². The van der Waals surface area contributed by atoms with Gasteiger partial charge in [0.25, 0.3) is 0 Å².